The van der Waals surface area contributed by atoms with Crippen LogP contribution in [-0.4, -0.2) is 53.6 Å². The average Bonchev–Trinajstić information content (AvgIpc) is 2.33. The summed E-state index contributed by atoms with van der Waals surface area (Å²) >= 11 is 0. The minimum absolute atomic E-state index is 0. The molecule has 0 amide bonds. The summed E-state index contributed by atoms with van der Waals surface area (Å²) in [5.74, 6) is -0.581. The van der Waals surface area contributed by atoms with E-state index in [2.05, 4.69) is 0 Å². The molecule has 6 nitrogen and oxygen atoms in total. The number of hydrogen-bond donors (Lipinski definition) is 1. The predicted molar refractivity (Wildman–Crippen MR) is 89.5 cm³/mol. The fourth-order valence-electron chi connectivity index (χ4n) is 1.74. The van der Waals surface area contributed by atoms with Gasteiger partial charge in [-0.25, -0.2) is 4.79 Å². The Hall–Kier alpha value is -1.48. The second-order valence-corrected chi connectivity index (χ2v) is 5.82. The molecule has 0 fully saturated rings. The van der Waals surface area contributed by atoms with Gasteiger partial charge in [0.1, 0.15) is 11.4 Å². The minimum atomic E-state index is -0.963. The van der Waals surface area contributed by atoms with Gasteiger partial charge < -0.3 is 20.1 Å². The predicted octanol–water partition coefficient (Wildman–Crippen LogP) is 1.72. The fraction of sp³-hybridized carbons (Fsp3) is 0.500. The number of carbonyl (C=O) groups is 2. The van der Waals surface area contributed by atoms with Crippen LogP contribution in [-0.2, 0) is 9.53 Å². The molecule has 7 heteroatoms. The third-order valence-corrected chi connectivity index (χ3v) is 2.62. The van der Waals surface area contributed by atoms with Crippen LogP contribution in [0, 0.1) is 6.92 Å². The van der Waals surface area contributed by atoms with Crippen molar-refractivity contribution in [2.45, 2.75) is 46.1 Å². The molecule has 0 bridgehead atoms. The van der Waals surface area contributed by atoms with Gasteiger partial charge in [-0.15, -0.1) is 0 Å². The van der Waals surface area contributed by atoms with Crippen LogP contribution >= 0.6 is 0 Å². The fourth-order valence-corrected chi connectivity index (χ4v) is 1.74. The summed E-state index contributed by atoms with van der Waals surface area (Å²) < 4.78 is 10.7. The zero-order valence-electron chi connectivity index (χ0n) is 13.4. The van der Waals surface area contributed by atoms with Gasteiger partial charge >= 0.3 is 30.8 Å². The Morgan fingerprint density at radius 3 is 2.30 bits per heavy atom. The van der Waals surface area contributed by atoms with Crippen molar-refractivity contribution in [1.82, 2.24) is 0 Å². The van der Waals surface area contributed by atoms with Gasteiger partial charge in [-0.05, 0) is 57.9 Å². The van der Waals surface area contributed by atoms with E-state index in [-0.39, 0.29) is 35.9 Å². The SMILES string of the molecule is Cc1cc(C(=O)O)ccc1OCCCC(=O)OC(C)(C)C.O.[LiH]. The average molecular weight is 320 g/mol. The molecule has 0 atom stereocenters. The maximum atomic E-state index is 11.5. The summed E-state index contributed by atoms with van der Waals surface area (Å²) in [6.07, 6.45) is 0.846. The van der Waals surface area contributed by atoms with Crippen LogP contribution in [0.3, 0.4) is 0 Å². The van der Waals surface area contributed by atoms with Crippen molar-refractivity contribution in [3.05, 3.63) is 29.3 Å². The molecule has 126 valence electrons. The first-order valence-electron chi connectivity index (χ1n) is 6.87. The van der Waals surface area contributed by atoms with Crippen molar-refractivity contribution < 1.29 is 29.6 Å². The molecule has 0 aromatic heterocycles. The number of benzene rings is 1. The number of esters is 1. The van der Waals surface area contributed by atoms with Crippen molar-refractivity contribution in [1.29, 1.82) is 0 Å². The molecule has 0 aliphatic heterocycles. The summed E-state index contributed by atoms with van der Waals surface area (Å²) in [6.45, 7) is 7.65. The van der Waals surface area contributed by atoms with Gasteiger partial charge in [0, 0.05) is 6.42 Å². The van der Waals surface area contributed by atoms with Gasteiger partial charge in [0.2, 0.25) is 0 Å². The van der Waals surface area contributed by atoms with Gasteiger partial charge in [0.25, 0.3) is 0 Å². The van der Waals surface area contributed by atoms with E-state index >= 15 is 0 Å². The molecule has 0 saturated heterocycles. The number of ether oxygens (including phenoxy) is 2. The van der Waals surface area contributed by atoms with Crippen LogP contribution in [0.4, 0.5) is 0 Å². The van der Waals surface area contributed by atoms with E-state index in [1.54, 1.807) is 19.1 Å². The summed E-state index contributed by atoms with van der Waals surface area (Å²) in [6, 6.07) is 4.69. The van der Waals surface area contributed by atoms with E-state index in [1.807, 2.05) is 20.8 Å². The topological polar surface area (TPSA) is 104 Å². The first kappa shape index (κ1) is 23.8. The zero-order valence-corrected chi connectivity index (χ0v) is 13.4. The molecule has 1 rings (SSSR count). The first-order valence-corrected chi connectivity index (χ1v) is 6.87. The third kappa shape index (κ3) is 9.29. The van der Waals surface area contributed by atoms with E-state index in [0.29, 0.717) is 25.2 Å². The van der Waals surface area contributed by atoms with Crippen molar-refractivity contribution in [2.75, 3.05) is 6.61 Å². The molecule has 0 spiro atoms. The quantitative estimate of drug-likeness (QED) is 0.488. The monoisotopic (exact) mass is 320 g/mol. The Labute approximate surface area is 148 Å². The Morgan fingerprint density at radius 1 is 1.22 bits per heavy atom. The number of hydrogen-bond acceptors (Lipinski definition) is 4. The van der Waals surface area contributed by atoms with Gasteiger partial charge in [-0.2, -0.15) is 0 Å². The number of carbonyl (C=O) groups excluding carboxylic acids is 1. The number of aryl methyl sites for hydroxylation is 1. The number of rotatable bonds is 6. The number of carboxylic acids is 1. The second-order valence-electron chi connectivity index (χ2n) is 5.82. The van der Waals surface area contributed by atoms with Crippen LogP contribution in [0.1, 0.15) is 49.5 Å². The van der Waals surface area contributed by atoms with Crippen molar-refractivity contribution >= 4 is 30.8 Å². The molecule has 3 N–H and O–H groups in total. The summed E-state index contributed by atoms with van der Waals surface area (Å²) in [5, 5.41) is 8.88. The standard InChI is InChI=1S/C16H22O5.Li.H2O.H/c1-11-10-12(15(18)19)7-8-13(11)20-9-5-6-14(17)21-16(2,3)4;;;/h7-8,10H,5-6,9H2,1-4H3,(H,18,19);;1H2;. The maximum absolute atomic E-state index is 11.5. The number of carboxylic acid groups (broad SMARTS) is 1. The molecule has 0 heterocycles. The third-order valence-electron chi connectivity index (χ3n) is 2.62. The number of aromatic carboxylic acids is 1. The van der Waals surface area contributed by atoms with Gasteiger partial charge in [0.05, 0.1) is 12.2 Å². The molecular formula is C16H25LiO6. The molecule has 0 aliphatic rings. The van der Waals surface area contributed by atoms with E-state index in [1.165, 1.54) is 6.07 Å². The molecule has 23 heavy (non-hydrogen) atoms. The molecule has 0 unspecified atom stereocenters. The summed E-state index contributed by atoms with van der Waals surface area (Å²) in [7, 11) is 0. The molecule has 0 radical (unpaired) electrons. The van der Waals surface area contributed by atoms with Crippen LogP contribution in [0.2, 0.25) is 0 Å². The normalized spacial score (nSPS) is 10.1. The molecule has 0 aliphatic carbocycles. The molecule has 1 aromatic carbocycles. The van der Waals surface area contributed by atoms with E-state index in [4.69, 9.17) is 14.6 Å². The zero-order chi connectivity index (χ0) is 16.0. The second kappa shape index (κ2) is 10.3. The Bertz CT molecular complexity index is 522. The van der Waals surface area contributed by atoms with E-state index in [0.717, 1.165) is 5.56 Å². The van der Waals surface area contributed by atoms with Crippen LogP contribution < -0.4 is 4.74 Å². The van der Waals surface area contributed by atoms with Gasteiger partial charge in [0.15, 0.2) is 0 Å². The van der Waals surface area contributed by atoms with Crippen LogP contribution in [0.15, 0.2) is 18.2 Å². The summed E-state index contributed by atoms with van der Waals surface area (Å²) in [5.41, 5.74) is 0.516. The van der Waals surface area contributed by atoms with Crippen molar-refractivity contribution in [3.63, 3.8) is 0 Å². The van der Waals surface area contributed by atoms with Crippen molar-refractivity contribution in [3.8, 4) is 5.75 Å². The van der Waals surface area contributed by atoms with Gasteiger partial charge in [-0.3, -0.25) is 4.79 Å². The molecule has 0 saturated carbocycles. The van der Waals surface area contributed by atoms with Crippen molar-refractivity contribution in [2.24, 2.45) is 0 Å². The molecule has 1 aromatic rings. The van der Waals surface area contributed by atoms with E-state index in [9.17, 15) is 9.59 Å². The Morgan fingerprint density at radius 2 is 1.83 bits per heavy atom. The van der Waals surface area contributed by atoms with Crippen LogP contribution in [0.5, 0.6) is 5.75 Å². The van der Waals surface area contributed by atoms with Crippen LogP contribution in [0.25, 0.3) is 0 Å². The van der Waals surface area contributed by atoms with Gasteiger partial charge in [-0.1, -0.05) is 0 Å². The first-order chi connectivity index (χ1) is 9.69. The Balaban J connectivity index is 0. The molecular weight excluding hydrogens is 295 g/mol. The Kier molecular flexibility index (Phi) is 10.7. The van der Waals surface area contributed by atoms with E-state index < -0.39 is 11.6 Å². The summed E-state index contributed by atoms with van der Waals surface area (Å²) in [4.78, 5) is 22.3.